The number of carbonyl (C=O) groups excluding carboxylic acids is 3. The van der Waals surface area contributed by atoms with E-state index < -0.39 is 23.8 Å². The average molecular weight is 288 g/mol. The first-order valence-corrected chi connectivity index (χ1v) is 7.28. The molecular formula is C16H20N2O3. The van der Waals surface area contributed by atoms with Crippen molar-refractivity contribution in [3.05, 3.63) is 29.3 Å². The number of imide groups is 2. The molecule has 1 aromatic rings. The Labute approximate surface area is 124 Å². The van der Waals surface area contributed by atoms with Gasteiger partial charge in [-0.3, -0.25) is 14.9 Å². The molecule has 1 aromatic carbocycles. The molecule has 0 saturated carbocycles. The van der Waals surface area contributed by atoms with Crippen LogP contribution in [0.4, 0.5) is 10.5 Å². The van der Waals surface area contributed by atoms with Gasteiger partial charge in [0.05, 0.1) is 5.69 Å². The zero-order chi connectivity index (χ0) is 15.6. The second kappa shape index (κ2) is 6.08. The molecule has 1 fully saturated rings. The van der Waals surface area contributed by atoms with Gasteiger partial charge in [-0.05, 0) is 30.9 Å². The molecule has 21 heavy (non-hydrogen) atoms. The van der Waals surface area contributed by atoms with Crippen molar-refractivity contribution in [1.82, 2.24) is 5.32 Å². The van der Waals surface area contributed by atoms with Crippen molar-refractivity contribution in [2.45, 2.75) is 40.0 Å². The lowest BCUT2D eigenvalue weighted by atomic mass is 9.97. The van der Waals surface area contributed by atoms with E-state index in [9.17, 15) is 14.4 Å². The highest BCUT2D eigenvalue weighted by molar-refractivity contribution is 6.28. The second-order valence-corrected chi connectivity index (χ2v) is 5.25. The zero-order valence-electron chi connectivity index (χ0n) is 12.6. The van der Waals surface area contributed by atoms with Gasteiger partial charge in [0.1, 0.15) is 5.92 Å². The number of nitrogens with one attached hydrogen (secondary N) is 1. The van der Waals surface area contributed by atoms with Crippen molar-refractivity contribution in [2.75, 3.05) is 4.90 Å². The van der Waals surface area contributed by atoms with Gasteiger partial charge in [0, 0.05) is 0 Å². The molecule has 0 spiro atoms. The maximum Gasteiger partial charge on any atom is 0.335 e. The first-order chi connectivity index (χ1) is 10.0. The van der Waals surface area contributed by atoms with E-state index in [0.29, 0.717) is 24.9 Å². The predicted molar refractivity (Wildman–Crippen MR) is 80.0 cm³/mol. The first kappa shape index (κ1) is 15.2. The summed E-state index contributed by atoms with van der Waals surface area (Å²) in [5, 5.41) is 2.30. The number of nitrogens with zero attached hydrogens (tertiary/aromatic N) is 1. The minimum Gasteiger partial charge on any atom is -0.277 e. The fraction of sp³-hybridized carbons (Fsp3) is 0.438. The molecule has 1 atom stereocenters. The SMILES string of the molecule is CCCC1C(=O)NC(=O)N(c2c(C)cccc2CC)C1=O. The van der Waals surface area contributed by atoms with E-state index in [1.165, 1.54) is 0 Å². The van der Waals surface area contributed by atoms with Gasteiger partial charge in [-0.1, -0.05) is 38.5 Å². The average Bonchev–Trinajstić information content (AvgIpc) is 2.44. The predicted octanol–water partition coefficient (Wildman–Crippen LogP) is 2.56. The van der Waals surface area contributed by atoms with Crippen molar-refractivity contribution in [1.29, 1.82) is 0 Å². The van der Waals surface area contributed by atoms with Crippen LogP contribution in [-0.2, 0) is 16.0 Å². The number of para-hydroxylation sites is 1. The van der Waals surface area contributed by atoms with E-state index in [1.54, 1.807) is 0 Å². The van der Waals surface area contributed by atoms with Crippen LogP contribution in [0.5, 0.6) is 0 Å². The van der Waals surface area contributed by atoms with Crippen LogP contribution < -0.4 is 10.2 Å². The number of carbonyl (C=O) groups is 3. The fourth-order valence-corrected chi connectivity index (χ4v) is 2.70. The lowest BCUT2D eigenvalue weighted by Gasteiger charge is -2.32. The summed E-state index contributed by atoms with van der Waals surface area (Å²) in [7, 11) is 0. The molecule has 5 heteroatoms. The number of hydrogen-bond donors (Lipinski definition) is 1. The number of urea groups is 1. The molecule has 112 valence electrons. The molecule has 5 nitrogen and oxygen atoms in total. The third-order valence-electron chi connectivity index (χ3n) is 3.77. The normalized spacial score (nSPS) is 18.9. The fourth-order valence-electron chi connectivity index (χ4n) is 2.70. The molecule has 0 radical (unpaired) electrons. The second-order valence-electron chi connectivity index (χ2n) is 5.25. The quantitative estimate of drug-likeness (QED) is 0.866. The Bertz CT molecular complexity index is 595. The first-order valence-electron chi connectivity index (χ1n) is 7.28. The number of rotatable bonds is 4. The van der Waals surface area contributed by atoms with E-state index >= 15 is 0 Å². The summed E-state index contributed by atoms with van der Waals surface area (Å²) in [5.41, 5.74) is 2.38. The number of benzene rings is 1. The Morgan fingerprint density at radius 1 is 1.19 bits per heavy atom. The minimum atomic E-state index is -0.781. The molecule has 4 amide bonds. The molecule has 1 saturated heterocycles. The van der Waals surface area contributed by atoms with Crippen LogP contribution in [0.1, 0.15) is 37.8 Å². The monoisotopic (exact) mass is 288 g/mol. The maximum absolute atomic E-state index is 12.6. The summed E-state index contributed by atoms with van der Waals surface area (Å²) in [6.45, 7) is 5.74. The Morgan fingerprint density at radius 2 is 1.90 bits per heavy atom. The van der Waals surface area contributed by atoms with Crippen LogP contribution in [0.3, 0.4) is 0 Å². The number of hydrogen-bond acceptors (Lipinski definition) is 3. The highest BCUT2D eigenvalue weighted by Gasteiger charge is 2.41. The van der Waals surface area contributed by atoms with Crippen molar-refractivity contribution in [3.63, 3.8) is 0 Å². The minimum absolute atomic E-state index is 0.422. The van der Waals surface area contributed by atoms with Crippen LogP contribution in [0.25, 0.3) is 0 Å². The van der Waals surface area contributed by atoms with Crippen molar-refractivity contribution >= 4 is 23.5 Å². The van der Waals surface area contributed by atoms with Crippen LogP contribution in [-0.4, -0.2) is 17.8 Å². The molecule has 1 unspecified atom stereocenters. The number of amides is 4. The molecule has 1 aliphatic rings. The van der Waals surface area contributed by atoms with Crippen LogP contribution in [0.2, 0.25) is 0 Å². The summed E-state index contributed by atoms with van der Waals surface area (Å²) in [6, 6.07) is 5.01. The van der Waals surface area contributed by atoms with E-state index in [4.69, 9.17) is 0 Å². The van der Waals surface area contributed by atoms with E-state index in [-0.39, 0.29) is 0 Å². The number of barbiturate groups is 1. The van der Waals surface area contributed by atoms with Gasteiger partial charge >= 0.3 is 6.03 Å². The summed E-state index contributed by atoms with van der Waals surface area (Å²) < 4.78 is 0. The molecule has 0 bridgehead atoms. The van der Waals surface area contributed by atoms with E-state index in [2.05, 4.69) is 5.32 Å². The van der Waals surface area contributed by atoms with Gasteiger partial charge in [0.25, 0.3) is 0 Å². The van der Waals surface area contributed by atoms with Gasteiger partial charge in [-0.15, -0.1) is 0 Å². The standard InChI is InChI=1S/C16H20N2O3/c1-4-7-12-14(19)17-16(21)18(15(12)20)13-10(3)8-6-9-11(13)5-2/h6,8-9,12H,4-5,7H2,1-3H3,(H,17,19,21). The smallest absolute Gasteiger partial charge is 0.277 e. The van der Waals surface area contributed by atoms with Crippen LogP contribution in [0, 0.1) is 12.8 Å². The van der Waals surface area contributed by atoms with Crippen molar-refractivity contribution < 1.29 is 14.4 Å². The molecule has 1 N–H and O–H groups in total. The lowest BCUT2D eigenvalue weighted by molar-refractivity contribution is -0.134. The highest BCUT2D eigenvalue weighted by atomic mass is 16.2. The van der Waals surface area contributed by atoms with E-state index in [1.807, 2.05) is 39.0 Å². The van der Waals surface area contributed by atoms with Gasteiger partial charge in [0.15, 0.2) is 0 Å². The van der Waals surface area contributed by atoms with Crippen molar-refractivity contribution in [3.8, 4) is 0 Å². The lowest BCUT2D eigenvalue weighted by Crippen LogP contribution is -2.58. The van der Waals surface area contributed by atoms with Crippen molar-refractivity contribution in [2.24, 2.45) is 5.92 Å². The Hall–Kier alpha value is -2.17. The van der Waals surface area contributed by atoms with Crippen LogP contribution in [0.15, 0.2) is 18.2 Å². The Balaban J connectivity index is 2.49. The van der Waals surface area contributed by atoms with Gasteiger partial charge < -0.3 is 0 Å². The topological polar surface area (TPSA) is 66.5 Å². The summed E-state index contributed by atoms with van der Waals surface area (Å²) in [5.74, 6) is -1.69. The van der Waals surface area contributed by atoms with Gasteiger partial charge in [0.2, 0.25) is 11.8 Å². The largest absolute Gasteiger partial charge is 0.335 e. The zero-order valence-corrected chi connectivity index (χ0v) is 12.6. The Morgan fingerprint density at radius 3 is 2.52 bits per heavy atom. The highest BCUT2D eigenvalue weighted by Crippen LogP contribution is 2.29. The molecule has 0 aromatic heterocycles. The molecule has 1 heterocycles. The third kappa shape index (κ3) is 2.68. The van der Waals surface area contributed by atoms with Gasteiger partial charge in [-0.25, -0.2) is 9.69 Å². The molecule has 2 rings (SSSR count). The molecular weight excluding hydrogens is 268 g/mol. The Kier molecular flexibility index (Phi) is 4.40. The molecule has 0 aliphatic carbocycles. The van der Waals surface area contributed by atoms with Gasteiger partial charge in [-0.2, -0.15) is 0 Å². The molecule has 1 aliphatic heterocycles. The van der Waals surface area contributed by atoms with E-state index in [0.717, 1.165) is 16.0 Å². The maximum atomic E-state index is 12.6. The number of aryl methyl sites for hydroxylation is 2. The number of anilines is 1. The van der Waals surface area contributed by atoms with Crippen LogP contribution >= 0.6 is 0 Å². The summed E-state index contributed by atoms with van der Waals surface area (Å²) in [4.78, 5) is 37.7. The summed E-state index contributed by atoms with van der Waals surface area (Å²) >= 11 is 0. The third-order valence-corrected chi connectivity index (χ3v) is 3.77. The summed E-state index contributed by atoms with van der Waals surface area (Å²) in [6.07, 6.45) is 1.86.